The number of aromatic nitrogens is 2. The van der Waals surface area contributed by atoms with Gasteiger partial charge in [-0.05, 0) is 37.5 Å². The molecule has 1 aromatic heterocycles. The highest BCUT2D eigenvalue weighted by Crippen LogP contribution is 2.34. The second kappa shape index (κ2) is 11.8. The summed E-state index contributed by atoms with van der Waals surface area (Å²) >= 11 is 0. The summed E-state index contributed by atoms with van der Waals surface area (Å²) in [5.41, 5.74) is 3.75. The molecule has 1 saturated heterocycles. The summed E-state index contributed by atoms with van der Waals surface area (Å²) in [6.07, 6.45) is 1.35. The van der Waals surface area contributed by atoms with Crippen LogP contribution in [-0.2, 0) is 11.3 Å². The summed E-state index contributed by atoms with van der Waals surface area (Å²) in [6.45, 7) is 9.62. The average molecular weight is 504 g/mol. The normalized spacial score (nSPS) is 13.9. The fraction of sp³-hybridized carbons (Fsp3) is 0.370. The van der Waals surface area contributed by atoms with Gasteiger partial charge in [0.25, 0.3) is 0 Å². The second-order valence-electron chi connectivity index (χ2n) is 9.20. The van der Waals surface area contributed by atoms with Crippen molar-refractivity contribution in [1.29, 1.82) is 0 Å². The molecule has 0 aliphatic carbocycles. The van der Waals surface area contributed by atoms with Gasteiger partial charge in [-0.1, -0.05) is 48.5 Å². The molecule has 0 radical (unpaired) electrons. The molecule has 10 heteroatoms. The molecule has 1 fully saturated rings. The highest BCUT2D eigenvalue weighted by Gasteiger charge is 2.32. The van der Waals surface area contributed by atoms with E-state index >= 15 is 0 Å². The molecule has 1 N–H and O–H groups in total. The predicted molar refractivity (Wildman–Crippen MR) is 145 cm³/mol. The van der Waals surface area contributed by atoms with Crippen molar-refractivity contribution in [3.8, 4) is 0 Å². The van der Waals surface area contributed by atoms with E-state index in [0.717, 1.165) is 36.4 Å². The highest BCUT2D eigenvalue weighted by molar-refractivity contribution is 5.95. The van der Waals surface area contributed by atoms with Crippen molar-refractivity contribution >= 4 is 28.9 Å². The maximum absolute atomic E-state index is 12.9. The molecule has 2 heterocycles. The number of para-hydroxylation sites is 1. The Morgan fingerprint density at radius 2 is 1.70 bits per heavy atom. The summed E-state index contributed by atoms with van der Waals surface area (Å²) in [6, 6.07) is 16.1. The summed E-state index contributed by atoms with van der Waals surface area (Å²) in [5, 5.41) is 15.2. The Morgan fingerprint density at radius 3 is 2.32 bits per heavy atom. The molecule has 1 aliphatic heterocycles. The Bertz CT molecular complexity index is 1220. The van der Waals surface area contributed by atoms with Crippen LogP contribution in [0.1, 0.15) is 23.6 Å². The number of benzene rings is 2. The van der Waals surface area contributed by atoms with Gasteiger partial charge >= 0.3 is 5.69 Å². The van der Waals surface area contributed by atoms with E-state index in [-0.39, 0.29) is 24.0 Å². The zero-order valence-electron chi connectivity index (χ0n) is 21.6. The van der Waals surface area contributed by atoms with Crippen molar-refractivity contribution in [2.75, 3.05) is 54.4 Å². The number of likely N-dealkylation sites (N-methyl/N-ethyl adjacent to an activating group) is 1. The van der Waals surface area contributed by atoms with Gasteiger partial charge < -0.3 is 15.1 Å². The third-order valence-electron chi connectivity index (χ3n) is 6.65. The Morgan fingerprint density at radius 1 is 1.03 bits per heavy atom. The minimum atomic E-state index is -0.437. The second-order valence-corrected chi connectivity index (χ2v) is 9.20. The first-order valence-corrected chi connectivity index (χ1v) is 12.5. The van der Waals surface area contributed by atoms with Gasteiger partial charge in [0.1, 0.15) is 6.33 Å². The van der Waals surface area contributed by atoms with E-state index in [1.807, 2.05) is 62.1 Å². The largest absolute Gasteiger partial charge is 0.353 e. The van der Waals surface area contributed by atoms with E-state index in [2.05, 4.69) is 32.3 Å². The summed E-state index contributed by atoms with van der Waals surface area (Å²) in [5.74, 6) is 0.187. The van der Waals surface area contributed by atoms with Gasteiger partial charge in [-0.15, -0.1) is 0 Å². The van der Waals surface area contributed by atoms with Crippen molar-refractivity contribution < 1.29 is 9.72 Å². The van der Waals surface area contributed by atoms with Crippen LogP contribution in [-0.4, -0.2) is 65.0 Å². The number of nitrogens with zero attached hydrogens (tertiary/aromatic N) is 6. The van der Waals surface area contributed by atoms with Gasteiger partial charge in [0.05, 0.1) is 11.5 Å². The number of nitrogens with one attached hydrogen (secondary N) is 1. The Labute approximate surface area is 217 Å². The Balaban J connectivity index is 1.49. The van der Waals surface area contributed by atoms with Crippen molar-refractivity contribution in [2.45, 2.75) is 27.3 Å². The lowest BCUT2D eigenvalue weighted by Crippen LogP contribution is -2.46. The van der Waals surface area contributed by atoms with Crippen molar-refractivity contribution in [3.05, 3.63) is 81.7 Å². The average Bonchev–Trinajstić information content (AvgIpc) is 2.90. The standard InChI is InChI=1S/C27H33N7O3/c1-4-32(18-23(35)30-24-20(2)9-8-10-21(24)3)26-25(34(36)37)27(29-19-28-26)33-15-13-31(14-16-33)17-22-11-6-5-7-12-22/h5-12,19H,4,13-18H2,1-3H3,(H,30,35). The number of piperazine rings is 1. The van der Waals surface area contributed by atoms with Gasteiger partial charge in [0.2, 0.25) is 17.5 Å². The number of anilines is 3. The molecule has 0 atom stereocenters. The van der Waals surface area contributed by atoms with Crippen LogP contribution in [0.5, 0.6) is 0 Å². The lowest BCUT2D eigenvalue weighted by molar-refractivity contribution is -0.383. The van der Waals surface area contributed by atoms with E-state index in [1.54, 1.807) is 4.90 Å². The summed E-state index contributed by atoms with van der Waals surface area (Å²) in [4.78, 5) is 39.2. The zero-order chi connectivity index (χ0) is 26.4. The topological polar surface area (TPSA) is 108 Å². The summed E-state index contributed by atoms with van der Waals surface area (Å²) < 4.78 is 0. The number of hydrogen-bond donors (Lipinski definition) is 1. The van der Waals surface area contributed by atoms with Gasteiger partial charge in [0, 0.05) is 45.0 Å². The van der Waals surface area contributed by atoms with Crippen molar-refractivity contribution in [2.24, 2.45) is 0 Å². The van der Waals surface area contributed by atoms with Gasteiger partial charge in [-0.2, -0.15) is 0 Å². The fourth-order valence-electron chi connectivity index (χ4n) is 4.65. The minimum absolute atomic E-state index is 0.0631. The first-order valence-electron chi connectivity index (χ1n) is 12.5. The molecule has 0 spiro atoms. The molecule has 194 valence electrons. The number of carbonyl (C=O) groups is 1. The molecule has 1 aliphatic rings. The van der Waals surface area contributed by atoms with Crippen molar-refractivity contribution in [3.63, 3.8) is 0 Å². The fourth-order valence-corrected chi connectivity index (χ4v) is 4.65. The number of amides is 1. The molecule has 2 aromatic carbocycles. The van der Waals surface area contributed by atoms with Crippen LogP contribution in [0.2, 0.25) is 0 Å². The molecule has 0 saturated carbocycles. The maximum Gasteiger partial charge on any atom is 0.353 e. The third-order valence-corrected chi connectivity index (χ3v) is 6.65. The van der Waals surface area contributed by atoms with E-state index in [9.17, 15) is 14.9 Å². The number of carbonyl (C=O) groups excluding carboxylic acids is 1. The van der Waals surface area contributed by atoms with E-state index < -0.39 is 4.92 Å². The molecule has 10 nitrogen and oxygen atoms in total. The van der Waals surface area contributed by atoms with E-state index in [0.29, 0.717) is 25.5 Å². The molecule has 4 rings (SSSR count). The third kappa shape index (κ3) is 6.21. The quantitative estimate of drug-likeness (QED) is 0.347. The van der Waals surface area contributed by atoms with Crippen LogP contribution < -0.4 is 15.1 Å². The van der Waals surface area contributed by atoms with Gasteiger partial charge in [-0.3, -0.25) is 19.8 Å². The maximum atomic E-state index is 12.9. The number of hydrogen-bond acceptors (Lipinski definition) is 8. The molecular weight excluding hydrogens is 470 g/mol. The van der Waals surface area contributed by atoms with Crippen LogP contribution in [0.3, 0.4) is 0 Å². The van der Waals surface area contributed by atoms with Crippen LogP contribution in [0, 0.1) is 24.0 Å². The SMILES string of the molecule is CCN(CC(=O)Nc1c(C)cccc1C)c1ncnc(N2CCN(Cc3ccccc3)CC2)c1[N+](=O)[O-]. The highest BCUT2D eigenvalue weighted by atomic mass is 16.6. The predicted octanol–water partition coefficient (Wildman–Crippen LogP) is 3.79. The lowest BCUT2D eigenvalue weighted by atomic mass is 10.1. The molecule has 0 bridgehead atoms. The number of rotatable bonds is 9. The van der Waals surface area contributed by atoms with Gasteiger partial charge in [0.15, 0.2) is 0 Å². The monoisotopic (exact) mass is 503 g/mol. The Kier molecular flexibility index (Phi) is 8.29. The summed E-state index contributed by atoms with van der Waals surface area (Å²) in [7, 11) is 0. The number of nitro groups is 1. The first kappa shape index (κ1) is 26.0. The van der Waals surface area contributed by atoms with E-state index in [4.69, 9.17) is 0 Å². The van der Waals surface area contributed by atoms with Gasteiger partial charge in [-0.25, -0.2) is 9.97 Å². The lowest BCUT2D eigenvalue weighted by Gasteiger charge is -2.35. The molecule has 1 amide bonds. The molecule has 0 unspecified atom stereocenters. The smallest absolute Gasteiger partial charge is 0.348 e. The first-order chi connectivity index (χ1) is 17.9. The van der Waals surface area contributed by atoms with Crippen LogP contribution >= 0.6 is 0 Å². The zero-order valence-corrected chi connectivity index (χ0v) is 21.6. The minimum Gasteiger partial charge on any atom is -0.348 e. The molecular formula is C27H33N7O3. The van der Waals surface area contributed by atoms with E-state index in [1.165, 1.54) is 11.9 Å². The van der Waals surface area contributed by atoms with Crippen LogP contribution in [0.25, 0.3) is 0 Å². The molecule has 3 aromatic rings. The van der Waals surface area contributed by atoms with Crippen LogP contribution in [0.15, 0.2) is 54.9 Å². The molecule has 37 heavy (non-hydrogen) atoms. The van der Waals surface area contributed by atoms with Crippen molar-refractivity contribution in [1.82, 2.24) is 14.9 Å². The number of aryl methyl sites for hydroxylation is 2. The Hall–Kier alpha value is -4.05. The van der Waals surface area contributed by atoms with Crippen LogP contribution in [0.4, 0.5) is 23.0 Å².